The summed E-state index contributed by atoms with van der Waals surface area (Å²) in [5.74, 6) is -0.204. The van der Waals surface area contributed by atoms with Gasteiger partial charge in [0.05, 0.1) is 11.6 Å². The molecule has 0 aromatic carbocycles. The second-order valence-corrected chi connectivity index (χ2v) is 3.65. The van der Waals surface area contributed by atoms with Crippen molar-refractivity contribution in [3.05, 3.63) is 23.0 Å². The fourth-order valence-corrected chi connectivity index (χ4v) is 1.57. The third kappa shape index (κ3) is 3.25. The van der Waals surface area contributed by atoms with Crippen LogP contribution >= 0.6 is 11.6 Å². The Balaban J connectivity index is 2.77. The molecule has 1 amide bonds. The maximum atomic E-state index is 11.6. The fourth-order valence-electron chi connectivity index (χ4n) is 1.35. The summed E-state index contributed by atoms with van der Waals surface area (Å²) in [6.45, 7) is 2.99. The molecule has 0 radical (unpaired) electrons. The van der Waals surface area contributed by atoms with Crippen molar-refractivity contribution in [2.24, 2.45) is 0 Å². The zero-order chi connectivity index (χ0) is 11.3. The first kappa shape index (κ1) is 12.1. The van der Waals surface area contributed by atoms with Crippen LogP contribution in [0.5, 0.6) is 0 Å². The summed E-state index contributed by atoms with van der Waals surface area (Å²) < 4.78 is 1.81. The van der Waals surface area contributed by atoms with Crippen molar-refractivity contribution in [1.29, 1.82) is 0 Å². The van der Waals surface area contributed by atoms with E-state index in [1.165, 1.54) is 0 Å². The number of aliphatic hydroxyl groups is 1. The molecule has 0 aliphatic heterocycles. The molecule has 1 rings (SSSR count). The van der Waals surface area contributed by atoms with Gasteiger partial charge in [-0.15, -0.1) is 0 Å². The topological polar surface area (TPSA) is 54.3 Å². The number of hydrogen-bond donors (Lipinski definition) is 2. The van der Waals surface area contributed by atoms with Crippen LogP contribution in [0.15, 0.2) is 12.3 Å². The van der Waals surface area contributed by atoms with Gasteiger partial charge in [0.2, 0.25) is 0 Å². The Labute approximate surface area is 93.8 Å². The van der Waals surface area contributed by atoms with E-state index >= 15 is 0 Å². The van der Waals surface area contributed by atoms with E-state index in [0.717, 1.165) is 13.0 Å². The molecule has 1 heterocycles. The number of halogens is 1. The van der Waals surface area contributed by atoms with Gasteiger partial charge < -0.3 is 15.0 Å². The van der Waals surface area contributed by atoms with Crippen LogP contribution in [0.3, 0.4) is 0 Å². The summed E-state index contributed by atoms with van der Waals surface area (Å²) in [5, 5.41) is 11.7. The molecule has 4 nitrogen and oxygen atoms in total. The highest BCUT2D eigenvalue weighted by Gasteiger charge is 2.11. The summed E-state index contributed by atoms with van der Waals surface area (Å²) >= 11 is 5.83. The van der Waals surface area contributed by atoms with Gasteiger partial charge in [-0.2, -0.15) is 0 Å². The average molecular weight is 231 g/mol. The van der Waals surface area contributed by atoms with Crippen LogP contribution < -0.4 is 5.32 Å². The monoisotopic (exact) mass is 230 g/mol. The van der Waals surface area contributed by atoms with Crippen LogP contribution in [0.2, 0.25) is 5.02 Å². The first-order valence-electron chi connectivity index (χ1n) is 4.93. The van der Waals surface area contributed by atoms with Gasteiger partial charge >= 0.3 is 0 Å². The van der Waals surface area contributed by atoms with Gasteiger partial charge in [0.15, 0.2) is 0 Å². The Morgan fingerprint density at radius 3 is 3.00 bits per heavy atom. The minimum atomic E-state index is -0.204. The maximum absolute atomic E-state index is 11.6. The van der Waals surface area contributed by atoms with Crippen LogP contribution in [-0.4, -0.2) is 28.7 Å². The molecule has 0 unspecified atom stereocenters. The lowest BCUT2D eigenvalue weighted by atomic mass is 10.3. The second-order valence-electron chi connectivity index (χ2n) is 3.22. The molecule has 0 saturated heterocycles. The van der Waals surface area contributed by atoms with E-state index in [4.69, 9.17) is 16.7 Å². The van der Waals surface area contributed by atoms with Gasteiger partial charge in [-0.1, -0.05) is 18.5 Å². The molecule has 2 N–H and O–H groups in total. The quantitative estimate of drug-likeness (QED) is 0.801. The van der Waals surface area contributed by atoms with Gasteiger partial charge in [-0.05, 0) is 12.5 Å². The number of carbonyl (C=O) groups excluding carboxylic acids is 1. The van der Waals surface area contributed by atoms with Crippen molar-refractivity contribution in [3.63, 3.8) is 0 Å². The van der Waals surface area contributed by atoms with E-state index < -0.39 is 0 Å². The highest BCUT2D eigenvalue weighted by molar-refractivity contribution is 6.31. The van der Waals surface area contributed by atoms with Crippen molar-refractivity contribution >= 4 is 17.5 Å². The molecule has 0 atom stereocenters. The minimum absolute atomic E-state index is 0.0615. The van der Waals surface area contributed by atoms with Crippen LogP contribution in [0.25, 0.3) is 0 Å². The predicted molar refractivity (Wildman–Crippen MR) is 59.2 cm³/mol. The van der Waals surface area contributed by atoms with E-state index in [-0.39, 0.29) is 19.1 Å². The summed E-state index contributed by atoms with van der Waals surface area (Å²) in [6.07, 6.45) is 2.67. The van der Waals surface area contributed by atoms with E-state index in [9.17, 15) is 4.79 Å². The normalized spacial score (nSPS) is 10.3. The first-order chi connectivity index (χ1) is 7.19. The number of amides is 1. The van der Waals surface area contributed by atoms with E-state index in [2.05, 4.69) is 5.32 Å². The molecule has 0 spiro atoms. The maximum Gasteiger partial charge on any atom is 0.268 e. The smallest absolute Gasteiger partial charge is 0.268 e. The Bertz CT molecular complexity index is 336. The minimum Gasteiger partial charge on any atom is -0.395 e. The van der Waals surface area contributed by atoms with Crippen LogP contribution in [0.1, 0.15) is 23.8 Å². The Morgan fingerprint density at radius 2 is 2.40 bits per heavy atom. The van der Waals surface area contributed by atoms with Crippen molar-refractivity contribution in [2.45, 2.75) is 19.9 Å². The number of aliphatic hydroxyl groups excluding tert-OH is 1. The third-order valence-electron chi connectivity index (χ3n) is 1.96. The van der Waals surface area contributed by atoms with E-state index in [0.29, 0.717) is 10.7 Å². The highest BCUT2D eigenvalue weighted by atomic mass is 35.5. The highest BCUT2D eigenvalue weighted by Crippen LogP contribution is 2.14. The molecule has 15 heavy (non-hydrogen) atoms. The molecule has 0 fully saturated rings. The van der Waals surface area contributed by atoms with Gasteiger partial charge in [0.1, 0.15) is 5.69 Å². The number of nitrogens with zero attached hydrogens (tertiary/aromatic N) is 1. The van der Waals surface area contributed by atoms with Gasteiger partial charge in [0.25, 0.3) is 5.91 Å². The Morgan fingerprint density at radius 1 is 1.67 bits per heavy atom. The number of aryl methyl sites for hydroxylation is 1. The molecule has 0 bridgehead atoms. The van der Waals surface area contributed by atoms with Crippen LogP contribution in [0.4, 0.5) is 0 Å². The lowest BCUT2D eigenvalue weighted by Crippen LogP contribution is -2.28. The molecule has 84 valence electrons. The zero-order valence-corrected chi connectivity index (χ0v) is 9.42. The van der Waals surface area contributed by atoms with Crippen molar-refractivity contribution in [3.8, 4) is 0 Å². The molecule has 5 heteroatoms. The Kier molecular flexibility index (Phi) is 4.65. The lowest BCUT2D eigenvalue weighted by Gasteiger charge is -2.07. The van der Waals surface area contributed by atoms with Crippen LogP contribution in [0, 0.1) is 0 Å². The largest absolute Gasteiger partial charge is 0.395 e. The number of hydrogen-bond acceptors (Lipinski definition) is 2. The molecular weight excluding hydrogens is 216 g/mol. The zero-order valence-electron chi connectivity index (χ0n) is 8.66. The van der Waals surface area contributed by atoms with Gasteiger partial charge in [-0.25, -0.2) is 0 Å². The number of carbonyl (C=O) groups is 1. The number of rotatable bonds is 5. The van der Waals surface area contributed by atoms with Crippen molar-refractivity contribution in [2.75, 3.05) is 13.2 Å². The predicted octanol–water partition coefficient (Wildman–Crippen LogP) is 1.27. The third-order valence-corrected chi connectivity index (χ3v) is 2.16. The first-order valence-corrected chi connectivity index (χ1v) is 5.31. The van der Waals surface area contributed by atoms with Gasteiger partial charge in [0, 0.05) is 19.3 Å². The van der Waals surface area contributed by atoms with Crippen molar-refractivity contribution in [1.82, 2.24) is 9.88 Å². The van der Waals surface area contributed by atoms with Crippen LogP contribution in [-0.2, 0) is 6.54 Å². The lowest BCUT2D eigenvalue weighted by molar-refractivity contribution is 0.0935. The van der Waals surface area contributed by atoms with Crippen molar-refractivity contribution < 1.29 is 9.90 Å². The standard InChI is InChI=1S/C10H15ClN2O2/c1-2-4-13-7-8(11)6-9(13)10(15)12-3-5-14/h6-7,14H,2-5H2,1H3,(H,12,15). The molecule has 0 saturated carbocycles. The van der Waals surface area contributed by atoms with Gasteiger partial charge in [-0.3, -0.25) is 4.79 Å². The summed E-state index contributed by atoms with van der Waals surface area (Å²) in [7, 11) is 0. The molecule has 1 aromatic heterocycles. The second kappa shape index (κ2) is 5.78. The summed E-state index contributed by atoms with van der Waals surface area (Å²) in [4.78, 5) is 11.6. The number of nitrogens with one attached hydrogen (secondary N) is 1. The molecule has 0 aliphatic carbocycles. The Hall–Kier alpha value is -1.00. The molecule has 1 aromatic rings. The number of aromatic nitrogens is 1. The molecule has 0 aliphatic rings. The molecular formula is C10H15ClN2O2. The average Bonchev–Trinajstić information content (AvgIpc) is 2.57. The fraction of sp³-hybridized carbons (Fsp3) is 0.500. The summed E-state index contributed by atoms with van der Waals surface area (Å²) in [5.41, 5.74) is 0.537. The van der Waals surface area contributed by atoms with E-state index in [1.807, 2.05) is 11.5 Å². The SMILES string of the molecule is CCCn1cc(Cl)cc1C(=O)NCCO. The summed E-state index contributed by atoms with van der Waals surface area (Å²) in [6, 6.07) is 1.63. The van der Waals surface area contributed by atoms with E-state index in [1.54, 1.807) is 12.3 Å².